The minimum absolute atomic E-state index is 0.126. The van der Waals surface area contributed by atoms with Crippen LogP contribution in [0, 0.1) is 17.8 Å². The van der Waals surface area contributed by atoms with Gasteiger partial charge in [0.2, 0.25) is 0 Å². The molecular weight excluding hydrogens is 472 g/mol. The first-order chi connectivity index (χ1) is 15.0. The summed E-state index contributed by atoms with van der Waals surface area (Å²) in [6, 6.07) is 6.13. The monoisotopic (exact) mass is 496 g/mol. The Hall–Kier alpha value is -1.76. The summed E-state index contributed by atoms with van der Waals surface area (Å²) >= 11 is 0. The predicted octanol–water partition coefficient (Wildman–Crippen LogP) is 4.20. The lowest BCUT2D eigenvalue weighted by molar-refractivity contribution is -0.210. The Morgan fingerprint density at radius 2 is 1.61 bits per heavy atom. The van der Waals surface area contributed by atoms with Crippen molar-refractivity contribution in [2.45, 2.75) is 68.9 Å². The lowest BCUT2D eigenvalue weighted by atomic mass is 9.81. The molecule has 4 rings (SSSR count). The van der Waals surface area contributed by atoms with E-state index in [4.69, 9.17) is 18.8 Å². The van der Waals surface area contributed by atoms with Crippen molar-refractivity contribution < 1.29 is 49.5 Å². The number of carbonyl (C=O) groups excluding carboxylic acids is 1. The summed E-state index contributed by atoms with van der Waals surface area (Å²) in [7, 11) is -6.31. The molecule has 0 aromatic heterocycles. The molecule has 7 nitrogen and oxygen atoms in total. The first-order valence-electron chi connectivity index (χ1n) is 10.4. The van der Waals surface area contributed by atoms with E-state index in [9.17, 15) is 30.8 Å². The highest BCUT2D eigenvalue weighted by molar-refractivity contribution is 7.87. The standard InChI is InChI=1S/C21H24F4O7S/c1-19(2,3)32-17(26)10-4-6-11(7-5-10)18-30-15-12-8-13(16(15)31-18)14(9-12)20(22,23)21(24,25)33(27,28)29/h4-7,12-16,18H,8-9H2,1-3H3,(H,27,28,29). The van der Waals surface area contributed by atoms with Gasteiger partial charge in [-0.25, -0.2) is 4.79 Å². The number of carbonyl (C=O) groups is 1. The molecule has 2 aliphatic carbocycles. The Balaban J connectivity index is 1.48. The lowest BCUT2D eigenvalue weighted by Gasteiger charge is -2.36. The molecule has 0 spiro atoms. The molecule has 2 bridgehead atoms. The van der Waals surface area contributed by atoms with E-state index < -0.39 is 69.1 Å². The van der Waals surface area contributed by atoms with Gasteiger partial charge in [-0.3, -0.25) is 4.55 Å². The highest BCUT2D eigenvalue weighted by Crippen LogP contribution is 2.62. The summed E-state index contributed by atoms with van der Waals surface area (Å²) in [5.74, 6) is -9.06. The van der Waals surface area contributed by atoms with Gasteiger partial charge in [-0.05, 0) is 57.6 Å². The molecule has 1 saturated heterocycles. The molecule has 0 radical (unpaired) electrons. The number of ether oxygens (including phenoxy) is 3. The maximum atomic E-state index is 14.5. The van der Waals surface area contributed by atoms with E-state index in [-0.39, 0.29) is 12.8 Å². The number of fused-ring (bicyclic) bond motifs is 5. The molecule has 3 fully saturated rings. The number of hydrogen-bond donors (Lipinski definition) is 1. The Bertz CT molecular complexity index is 1040. The SMILES string of the molecule is CC(C)(C)OC(=O)c1ccc(C2OC3C4CC(C3O2)C(C(F)(F)C(F)(F)S(=O)(=O)O)C4)cc1. The smallest absolute Gasteiger partial charge is 0.431 e. The number of halogens is 4. The van der Waals surface area contributed by atoms with Gasteiger partial charge < -0.3 is 14.2 Å². The topological polar surface area (TPSA) is 99.1 Å². The van der Waals surface area contributed by atoms with E-state index in [1.165, 1.54) is 12.1 Å². The predicted molar refractivity (Wildman–Crippen MR) is 105 cm³/mol. The molecule has 1 aromatic rings. The van der Waals surface area contributed by atoms with Crippen molar-refractivity contribution in [3.05, 3.63) is 35.4 Å². The van der Waals surface area contributed by atoms with E-state index in [2.05, 4.69) is 0 Å². The van der Waals surface area contributed by atoms with Crippen LogP contribution in [-0.2, 0) is 24.3 Å². The molecule has 1 heterocycles. The Morgan fingerprint density at radius 3 is 2.15 bits per heavy atom. The van der Waals surface area contributed by atoms with E-state index >= 15 is 0 Å². The van der Waals surface area contributed by atoms with Gasteiger partial charge >= 0.3 is 27.3 Å². The van der Waals surface area contributed by atoms with Crippen molar-refractivity contribution in [3.63, 3.8) is 0 Å². The first-order valence-corrected chi connectivity index (χ1v) is 11.8. The van der Waals surface area contributed by atoms with Gasteiger partial charge in [0.15, 0.2) is 6.29 Å². The zero-order valence-electron chi connectivity index (χ0n) is 18.0. The van der Waals surface area contributed by atoms with Crippen LogP contribution >= 0.6 is 0 Å². The third kappa shape index (κ3) is 4.04. The fourth-order valence-corrected chi connectivity index (χ4v) is 5.51. The van der Waals surface area contributed by atoms with E-state index in [1.54, 1.807) is 32.9 Å². The third-order valence-corrected chi connectivity index (χ3v) is 7.34. The van der Waals surface area contributed by atoms with Gasteiger partial charge in [-0.2, -0.15) is 26.0 Å². The van der Waals surface area contributed by atoms with Crippen LogP contribution in [0.5, 0.6) is 0 Å². The van der Waals surface area contributed by atoms with Crippen LogP contribution in [-0.4, -0.2) is 47.9 Å². The summed E-state index contributed by atoms with van der Waals surface area (Å²) in [6.45, 7) is 5.19. The summed E-state index contributed by atoms with van der Waals surface area (Å²) in [4.78, 5) is 12.2. The van der Waals surface area contributed by atoms with Gasteiger partial charge in [-0.15, -0.1) is 0 Å². The van der Waals surface area contributed by atoms with Crippen LogP contribution in [0.2, 0.25) is 0 Å². The average Bonchev–Trinajstić information content (AvgIpc) is 3.37. The molecular formula is C21H24F4O7S. The van der Waals surface area contributed by atoms with Crippen molar-refractivity contribution in [2.24, 2.45) is 17.8 Å². The fourth-order valence-electron chi connectivity index (χ4n) is 5.01. The Morgan fingerprint density at radius 1 is 1.03 bits per heavy atom. The van der Waals surface area contributed by atoms with E-state index in [0.29, 0.717) is 11.1 Å². The van der Waals surface area contributed by atoms with E-state index in [1.807, 2.05) is 0 Å². The second-order valence-electron chi connectivity index (χ2n) is 9.77. The molecule has 12 heteroatoms. The van der Waals surface area contributed by atoms with Crippen LogP contribution in [0.1, 0.15) is 55.8 Å². The molecule has 184 valence electrons. The van der Waals surface area contributed by atoms with Crippen molar-refractivity contribution in [2.75, 3.05) is 0 Å². The number of esters is 1. The molecule has 3 aliphatic rings. The van der Waals surface area contributed by atoms with Gasteiger partial charge in [0, 0.05) is 11.5 Å². The van der Waals surface area contributed by atoms with Crippen molar-refractivity contribution in [1.29, 1.82) is 0 Å². The zero-order valence-corrected chi connectivity index (χ0v) is 18.8. The summed E-state index contributed by atoms with van der Waals surface area (Å²) < 4.78 is 104. The molecule has 1 aliphatic heterocycles. The molecule has 6 atom stereocenters. The van der Waals surface area contributed by atoms with Crippen LogP contribution in [0.15, 0.2) is 24.3 Å². The van der Waals surface area contributed by atoms with Gasteiger partial charge in [0.1, 0.15) is 5.60 Å². The Kier molecular flexibility index (Phi) is 5.63. The summed E-state index contributed by atoms with van der Waals surface area (Å²) in [5.41, 5.74) is 0.122. The van der Waals surface area contributed by atoms with Crippen LogP contribution in [0.3, 0.4) is 0 Å². The van der Waals surface area contributed by atoms with Crippen LogP contribution < -0.4 is 0 Å². The normalized spacial score (nSPS) is 32.1. The maximum Gasteiger partial charge on any atom is 0.431 e. The van der Waals surface area contributed by atoms with Crippen molar-refractivity contribution >= 4 is 16.1 Å². The van der Waals surface area contributed by atoms with Gasteiger partial charge in [-0.1, -0.05) is 12.1 Å². The van der Waals surface area contributed by atoms with Crippen LogP contribution in [0.4, 0.5) is 17.6 Å². The number of alkyl halides is 4. The first kappa shape index (κ1) is 24.4. The fraction of sp³-hybridized carbons (Fsp3) is 0.667. The minimum atomic E-state index is -6.31. The molecule has 0 amide bonds. The maximum absolute atomic E-state index is 14.5. The molecule has 6 unspecified atom stereocenters. The summed E-state index contributed by atoms with van der Waals surface area (Å²) in [6.07, 6.45) is -2.73. The second-order valence-corrected chi connectivity index (χ2v) is 11.2. The average molecular weight is 496 g/mol. The molecule has 2 saturated carbocycles. The van der Waals surface area contributed by atoms with Gasteiger partial charge in [0.05, 0.1) is 17.8 Å². The number of hydrogen-bond acceptors (Lipinski definition) is 6. The van der Waals surface area contributed by atoms with Crippen molar-refractivity contribution in [1.82, 2.24) is 0 Å². The van der Waals surface area contributed by atoms with Crippen molar-refractivity contribution in [3.8, 4) is 0 Å². The molecule has 1 N–H and O–H groups in total. The second kappa shape index (κ2) is 7.62. The highest BCUT2D eigenvalue weighted by Gasteiger charge is 2.74. The zero-order chi connectivity index (χ0) is 24.6. The number of rotatable bonds is 5. The largest absolute Gasteiger partial charge is 0.456 e. The van der Waals surface area contributed by atoms with Crippen LogP contribution in [0.25, 0.3) is 0 Å². The number of benzene rings is 1. The quantitative estimate of drug-likeness (QED) is 0.371. The third-order valence-electron chi connectivity index (χ3n) is 6.42. The van der Waals surface area contributed by atoms with Gasteiger partial charge in [0.25, 0.3) is 0 Å². The highest BCUT2D eigenvalue weighted by atomic mass is 32.2. The molecule has 33 heavy (non-hydrogen) atoms. The minimum Gasteiger partial charge on any atom is -0.456 e. The van der Waals surface area contributed by atoms with E-state index in [0.717, 1.165) is 0 Å². The lowest BCUT2D eigenvalue weighted by Crippen LogP contribution is -2.55. The summed E-state index contributed by atoms with van der Waals surface area (Å²) in [5, 5.41) is -5.61. The Labute approximate surface area is 188 Å². The molecule has 1 aromatic carbocycles.